The molecule has 9 heteroatoms. The number of benzene rings is 1. The number of nitrogens with two attached hydrogens (primary N) is 1. The quantitative estimate of drug-likeness (QED) is 0.253. The van der Waals surface area contributed by atoms with Crippen molar-refractivity contribution < 1.29 is 13.9 Å². The Morgan fingerprint density at radius 2 is 1.94 bits per heavy atom. The van der Waals surface area contributed by atoms with Gasteiger partial charge in [-0.2, -0.15) is 9.97 Å². The van der Waals surface area contributed by atoms with Crippen LogP contribution in [0.15, 0.2) is 28.8 Å². The fourth-order valence-corrected chi connectivity index (χ4v) is 5.24. The number of ether oxygens (including phenoxy) is 2. The van der Waals surface area contributed by atoms with E-state index < -0.39 is 8.07 Å². The molecule has 0 amide bonds. The van der Waals surface area contributed by atoms with Crippen LogP contribution in [0.4, 0.5) is 5.95 Å². The van der Waals surface area contributed by atoms with Crippen molar-refractivity contribution >= 4 is 36.2 Å². The maximum atomic E-state index is 6.39. The highest BCUT2D eigenvalue weighted by molar-refractivity contribution is 6.76. The molecule has 0 bridgehead atoms. The van der Waals surface area contributed by atoms with Crippen molar-refractivity contribution in [2.24, 2.45) is 0 Å². The third-order valence-electron chi connectivity index (χ3n) is 6.31. The van der Waals surface area contributed by atoms with Gasteiger partial charge in [0, 0.05) is 33.4 Å². The van der Waals surface area contributed by atoms with E-state index in [4.69, 9.17) is 19.6 Å². The van der Waals surface area contributed by atoms with Crippen molar-refractivity contribution in [3.05, 3.63) is 30.3 Å². The van der Waals surface area contributed by atoms with E-state index in [0.29, 0.717) is 18.5 Å². The van der Waals surface area contributed by atoms with Gasteiger partial charge in [-0.15, -0.1) is 0 Å². The number of hydrogen-bond acceptors (Lipinski definition) is 7. The second-order valence-electron chi connectivity index (χ2n) is 10.4. The summed E-state index contributed by atoms with van der Waals surface area (Å²) >= 11 is 0. The van der Waals surface area contributed by atoms with E-state index in [9.17, 15) is 0 Å². The largest absolute Gasteiger partial charge is 0.474 e. The minimum absolute atomic E-state index is 0.154. The first-order chi connectivity index (χ1) is 16.3. The van der Waals surface area contributed by atoms with Crippen molar-refractivity contribution in [1.29, 1.82) is 0 Å². The Balaban J connectivity index is 1.58. The molecule has 180 valence electrons. The summed E-state index contributed by atoms with van der Waals surface area (Å²) in [5.74, 6) is 1.39. The first-order valence-electron chi connectivity index (χ1n) is 12.1. The van der Waals surface area contributed by atoms with Gasteiger partial charge in [0.25, 0.3) is 0 Å². The Bertz CT molecular complexity index is 1320. The van der Waals surface area contributed by atoms with E-state index in [0.717, 1.165) is 58.8 Å². The smallest absolute Gasteiger partial charge is 0.228 e. The van der Waals surface area contributed by atoms with Gasteiger partial charge in [-0.3, -0.25) is 0 Å². The third kappa shape index (κ3) is 4.81. The summed E-state index contributed by atoms with van der Waals surface area (Å²) < 4.78 is 20.3. The molecule has 0 unspecified atom stereocenters. The van der Waals surface area contributed by atoms with Crippen LogP contribution in [0.3, 0.4) is 0 Å². The molecule has 3 aromatic heterocycles. The molecule has 1 aliphatic carbocycles. The highest BCUT2D eigenvalue weighted by Gasteiger charge is 2.24. The maximum Gasteiger partial charge on any atom is 0.228 e. The summed E-state index contributed by atoms with van der Waals surface area (Å²) in [6, 6.07) is 7.14. The predicted octanol–water partition coefficient (Wildman–Crippen LogP) is 5.76. The van der Waals surface area contributed by atoms with Crippen LogP contribution in [0.1, 0.15) is 31.6 Å². The fraction of sp³-hybridized carbons (Fsp3) is 0.480. The van der Waals surface area contributed by atoms with Crippen LogP contribution in [0.25, 0.3) is 33.3 Å². The number of nitrogen functional groups attached to an aromatic ring is 1. The normalized spacial score (nSPS) is 15.1. The van der Waals surface area contributed by atoms with Gasteiger partial charge in [-0.25, -0.2) is 4.98 Å². The van der Waals surface area contributed by atoms with E-state index in [1.807, 2.05) is 29.7 Å². The lowest BCUT2D eigenvalue weighted by molar-refractivity contribution is 0.0899. The monoisotopic (exact) mass is 479 g/mol. The van der Waals surface area contributed by atoms with Crippen LogP contribution in [0.5, 0.6) is 5.88 Å². The topological polar surface area (TPSA) is 101 Å². The van der Waals surface area contributed by atoms with Gasteiger partial charge >= 0.3 is 0 Å². The van der Waals surface area contributed by atoms with Crippen LogP contribution in [0.2, 0.25) is 25.7 Å². The fourth-order valence-electron chi connectivity index (χ4n) is 4.49. The Morgan fingerprint density at radius 1 is 1.15 bits per heavy atom. The average Bonchev–Trinajstić information content (AvgIpc) is 3.48. The van der Waals surface area contributed by atoms with Gasteiger partial charge in [-0.1, -0.05) is 25.7 Å². The van der Waals surface area contributed by atoms with Crippen molar-refractivity contribution in [2.75, 3.05) is 12.3 Å². The van der Waals surface area contributed by atoms with Gasteiger partial charge in [0.1, 0.15) is 18.4 Å². The maximum absolute atomic E-state index is 6.39. The molecule has 0 spiro atoms. The molecule has 0 radical (unpaired) electrons. The molecule has 5 rings (SSSR count). The summed E-state index contributed by atoms with van der Waals surface area (Å²) in [5, 5.41) is 0.852. The van der Waals surface area contributed by atoms with Crippen molar-refractivity contribution in [3.8, 4) is 17.0 Å². The zero-order chi connectivity index (χ0) is 23.9. The third-order valence-corrected chi connectivity index (χ3v) is 8.02. The zero-order valence-corrected chi connectivity index (χ0v) is 21.4. The predicted molar refractivity (Wildman–Crippen MR) is 137 cm³/mol. The molecule has 3 heterocycles. The lowest BCUT2D eigenvalue weighted by Gasteiger charge is -2.16. The highest BCUT2D eigenvalue weighted by Crippen LogP contribution is 2.38. The molecule has 1 aromatic carbocycles. The van der Waals surface area contributed by atoms with Crippen molar-refractivity contribution in [3.63, 3.8) is 0 Å². The number of rotatable bonds is 8. The number of aromatic nitrogens is 4. The first kappa shape index (κ1) is 22.9. The molecule has 2 N–H and O–H groups in total. The lowest BCUT2D eigenvalue weighted by Crippen LogP contribution is -2.22. The molecule has 8 nitrogen and oxygen atoms in total. The average molecular weight is 480 g/mol. The molecular weight excluding hydrogens is 446 g/mol. The Morgan fingerprint density at radius 3 is 2.71 bits per heavy atom. The standard InChI is InChI=1S/C25H33N5O3Si/c1-16-27-20-10-9-17(13-21(20)32-16)19-14-30(15-31-11-12-34(2,3)4)23-22(19)24(29-25(26)28-23)33-18-7-5-6-8-18/h9-10,13-14,18H,5-8,11-12,15H2,1-4H3,(H2,26,28,29). The molecule has 4 aromatic rings. The molecule has 1 aliphatic rings. The molecule has 1 saturated carbocycles. The van der Waals surface area contributed by atoms with Crippen LogP contribution in [0, 0.1) is 6.92 Å². The summed E-state index contributed by atoms with van der Waals surface area (Å²) in [5.41, 5.74) is 10.4. The number of fused-ring (bicyclic) bond motifs is 2. The molecule has 34 heavy (non-hydrogen) atoms. The number of nitrogens with zero attached hydrogens (tertiary/aromatic N) is 4. The van der Waals surface area contributed by atoms with E-state index >= 15 is 0 Å². The van der Waals surface area contributed by atoms with Gasteiger partial charge in [-0.05, 0) is 49.4 Å². The second-order valence-corrected chi connectivity index (χ2v) is 16.0. The SMILES string of the molecule is Cc1nc2ccc(-c3cn(COCC[Si](C)(C)C)c4nc(N)nc(OC5CCCC5)c34)cc2o1. The molecule has 1 fully saturated rings. The van der Waals surface area contributed by atoms with Crippen LogP contribution in [-0.4, -0.2) is 40.3 Å². The number of oxazole rings is 1. The second kappa shape index (κ2) is 9.03. The van der Waals surface area contributed by atoms with E-state index in [1.54, 1.807) is 0 Å². The molecule has 0 saturated heterocycles. The summed E-state index contributed by atoms with van der Waals surface area (Å²) in [6.07, 6.45) is 6.62. The summed E-state index contributed by atoms with van der Waals surface area (Å²) in [6.45, 7) is 10.0. The number of aryl methyl sites for hydroxylation is 1. The molecule has 0 aliphatic heterocycles. The van der Waals surface area contributed by atoms with E-state index in [1.165, 1.54) is 12.8 Å². The van der Waals surface area contributed by atoms with Crippen LogP contribution in [-0.2, 0) is 11.5 Å². The Kier molecular flexibility index (Phi) is 6.07. The van der Waals surface area contributed by atoms with Gasteiger partial charge in [0.2, 0.25) is 11.8 Å². The minimum Gasteiger partial charge on any atom is -0.474 e. The molecule has 0 atom stereocenters. The summed E-state index contributed by atoms with van der Waals surface area (Å²) in [4.78, 5) is 13.5. The van der Waals surface area contributed by atoms with Gasteiger partial charge in [0.05, 0.1) is 5.39 Å². The zero-order valence-electron chi connectivity index (χ0n) is 20.4. The Hall–Kier alpha value is -2.91. The van der Waals surface area contributed by atoms with Crippen molar-refractivity contribution in [1.82, 2.24) is 19.5 Å². The van der Waals surface area contributed by atoms with E-state index in [2.05, 4.69) is 40.8 Å². The first-order valence-corrected chi connectivity index (χ1v) is 15.8. The van der Waals surface area contributed by atoms with Gasteiger partial charge < -0.3 is 24.2 Å². The molecular formula is C25H33N5O3Si. The highest BCUT2D eigenvalue weighted by atomic mass is 28.3. The number of anilines is 1. The lowest BCUT2D eigenvalue weighted by atomic mass is 10.1. The van der Waals surface area contributed by atoms with Crippen LogP contribution < -0.4 is 10.5 Å². The van der Waals surface area contributed by atoms with Crippen LogP contribution >= 0.6 is 0 Å². The van der Waals surface area contributed by atoms with Gasteiger partial charge in [0.15, 0.2) is 17.1 Å². The summed E-state index contributed by atoms with van der Waals surface area (Å²) in [7, 11) is -1.18. The Labute approximate surface area is 200 Å². The number of hydrogen-bond donors (Lipinski definition) is 1. The minimum atomic E-state index is -1.18. The van der Waals surface area contributed by atoms with Crippen molar-refractivity contribution in [2.45, 2.75) is 71.1 Å². The van der Waals surface area contributed by atoms with E-state index in [-0.39, 0.29) is 12.1 Å².